The molecule has 0 bridgehead atoms. The summed E-state index contributed by atoms with van der Waals surface area (Å²) in [4.78, 5) is 2.49. The van der Waals surface area contributed by atoms with Crippen molar-refractivity contribution in [2.45, 2.75) is 25.2 Å². The molecule has 0 aromatic heterocycles. The molecule has 8 aromatic carbocycles. The van der Waals surface area contributed by atoms with Crippen molar-refractivity contribution < 1.29 is 0 Å². The van der Waals surface area contributed by atoms with Crippen molar-refractivity contribution in [1.29, 1.82) is 0 Å². The van der Waals surface area contributed by atoms with Gasteiger partial charge < -0.3 is 4.90 Å². The van der Waals surface area contributed by atoms with E-state index in [1.54, 1.807) is 0 Å². The van der Waals surface area contributed by atoms with Crippen LogP contribution in [0.25, 0.3) is 54.9 Å². The summed E-state index contributed by atoms with van der Waals surface area (Å²) < 4.78 is 0. The smallest absolute Gasteiger partial charge is 0.0546 e. The molecule has 0 saturated carbocycles. The molecule has 1 nitrogen and oxygen atoms in total. The molecule has 0 fully saturated rings. The molecule has 2 aliphatic carbocycles. The summed E-state index contributed by atoms with van der Waals surface area (Å²) in [7, 11) is 0. The lowest BCUT2D eigenvalue weighted by molar-refractivity contribution is 0.394. The maximum Gasteiger partial charge on any atom is 0.0546 e. The third-order valence-electron chi connectivity index (χ3n) is 12.0. The number of nitrogens with zero attached hydrogens (tertiary/aromatic N) is 1. The molecule has 2 atom stereocenters. The van der Waals surface area contributed by atoms with E-state index >= 15 is 0 Å². The zero-order valence-electron chi connectivity index (χ0n) is 30.7. The Kier molecular flexibility index (Phi) is 7.70. The molecule has 258 valence electrons. The lowest BCUT2D eigenvalue weighted by Gasteiger charge is -2.31. The number of rotatable bonds is 6. The van der Waals surface area contributed by atoms with Gasteiger partial charge in [-0.25, -0.2) is 0 Å². The second kappa shape index (κ2) is 12.9. The largest absolute Gasteiger partial charge is 0.309 e. The first-order chi connectivity index (χ1) is 26.6. The fraction of sp³-hybridized carbons (Fsp3) is 0.0943. The van der Waals surface area contributed by atoms with Crippen LogP contribution in [0.3, 0.4) is 0 Å². The average Bonchev–Trinajstić information content (AvgIpc) is 3.47. The summed E-state index contributed by atoms with van der Waals surface area (Å²) in [5, 5.41) is 4.91. The molecule has 2 aliphatic rings. The van der Waals surface area contributed by atoms with Gasteiger partial charge >= 0.3 is 0 Å². The van der Waals surface area contributed by atoms with Crippen LogP contribution >= 0.6 is 0 Å². The summed E-state index contributed by atoms with van der Waals surface area (Å²) in [6.07, 6.45) is 9.22. The first-order valence-electron chi connectivity index (χ1n) is 19.1. The van der Waals surface area contributed by atoms with Crippen molar-refractivity contribution in [3.63, 3.8) is 0 Å². The lowest BCUT2D eigenvalue weighted by Crippen LogP contribution is -2.24. The van der Waals surface area contributed by atoms with Crippen LogP contribution in [0, 0.1) is 5.92 Å². The Morgan fingerprint density at radius 3 is 1.56 bits per heavy atom. The number of anilines is 3. The van der Waals surface area contributed by atoms with Crippen LogP contribution in [-0.2, 0) is 5.41 Å². The number of hydrogen-bond acceptors (Lipinski definition) is 1. The van der Waals surface area contributed by atoms with Gasteiger partial charge in [0, 0.05) is 22.7 Å². The van der Waals surface area contributed by atoms with Gasteiger partial charge in [-0.1, -0.05) is 190 Å². The predicted octanol–water partition coefficient (Wildman–Crippen LogP) is 14.6. The maximum absolute atomic E-state index is 2.49. The molecule has 54 heavy (non-hydrogen) atoms. The van der Waals surface area contributed by atoms with Crippen LogP contribution in [0.1, 0.15) is 30.9 Å². The lowest BCUT2D eigenvalue weighted by atomic mass is 9.74. The summed E-state index contributed by atoms with van der Waals surface area (Å²) in [6, 6.07) is 64.8. The van der Waals surface area contributed by atoms with E-state index in [1.165, 1.54) is 66.1 Å². The Morgan fingerprint density at radius 1 is 0.444 bits per heavy atom. The Labute approximate surface area is 318 Å². The number of allylic oxidation sites excluding steroid dienone is 4. The van der Waals surface area contributed by atoms with Gasteiger partial charge in [0.1, 0.15) is 0 Å². The Morgan fingerprint density at radius 2 is 0.963 bits per heavy atom. The molecule has 0 amide bonds. The number of benzene rings is 8. The van der Waals surface area contributed by atoms with Gasteiger partial charge in [0.25, 0.3) is 0 Å². The molecular weight excluding hydrogens is 651 g/mol. The first kappa shape index (κ1) is 32.2. The molecule has 0 N–H and O–H groups in total. The minimum Gasteiger partial charge on any atom is -0.309 e. The zero-order valence-corrected chi connectivity index (χ0v) is 30.7. The second-order valence-corrected chi connectivity index (χ2v) is 15.3. The van der Waals surface area contributed by atoms with Gasteiger partial charge in [0.2, 0.25) is 0 Å². The van der Waals surface area contributed by atoms with E-state index < -0.39 is 0 Å². The summed E-state index contributed by atoms with van der Waals surface area (Å²) in [6.45, 7) is 4.82. The van der Waals surface area contributed by atoms with Gasteiger partial charge in [-0.15, -0.1) is 0 Å². The quantitative estimate of drug-likeness (QED) is 0.168. The Bertz CT molecular complexity index is 2610. The highest BCUT2D eigenvalue weighted by atomic mass is 15.1. The molecule has 1 heteroatoms. The van der Waals surface area contributed by atoms with Gasteiger partial charge in [-0.05, 0) is 90.5 Å². The molecule has 10 rings (SSSR count). The van der Waals surface area contributed by atoms with Crippen molar-refractivity contribution in [3.8, 4) is 33.4 Å². The number of fused-ring (bicyclic) bond motifs is 5. The molecule has 8 aromatic rings. The fourth-order valence-corrected chi connectivity index (χ4v) is 9.28. The van der Waals surface area contributed by atoms with E-state index in [9.17, 15) is 0 Å². The van der Waals surface area contributed by atoms with Crippen molar-refractivity contribution >= 4 is 38.6 Å². The molecular formula is C53H41N. The highest BCUT2D eigenvalue weighted by Gasteiger charge is 2.44. The van der Waals surface area contributed by atoms with Gasteiger partial charge in [-0.2, -0.15) is 0 Å². The molecule has 0 spiro atoms. The summed E-state index contributed by atoms with van der Waals surface area (Å²) in [5.74, 6) is 0.941. The highest BCUT2D eigenvalue weighted by Crippen LogP contribution is 2.54. The normalized spacial score (nSPS) is 16.7. The molecule has 0 heterocycles. The summed E-state index contributed by atoms with van der Waals surface area (Å²) >= 11 is 0. The van der Waals surface area contributed by atoms with E-state index in [-0.39, 0.29) is 5.41 Å². The summed E-state index contributed by atoms with van der Waals surface area (Å²) in [5.41, 5.74) is 13.7. The van der Waals surface area contributed by atoms with E-state index in [0.717, 1.165) is 17.1 Å². The fourth-order valence-electron chi connectivity index (χ4n) is 9.28. The minimum atomic E-state index is 0.0713. The number of hydrogen-bond donors (Lipinski definition) is 0. The third kappa shape index (κ3) is 5.23. The third-order valence-corrected chi connectivity index (χ3v) is 12.0. The average molecular weight is 692 g/mol. The van der Waals surface area contributed by atoms with Crippen LogP contribution in [-0.4, -0.2) is 0 Å². The van der Waals surface area contributed by atoms with E-state index in [2.05, 4.69) is 219 Å². The molecule has 2 unspecified atom stereocenters. The van der Waals surface area contributed by atoms with Crippen molar-refractivity contribution in [3.05, 3.63) is 211 Å². The van der Waals surface area contributed by atoms with Crippen LogP contribution in [0.2, 0.25) is 0 Å². The van der Waals surface area contributed by atoms with Crippen molar-refractivity contribution in [2.75, 3.05) is 4.90 Å². The standard InChI is InChI=1S/C53H41N/c1-53(2)47-24-14-13-23-45(47)46-32-27-41(35-48(46)53)36-25-30-42(31-26-36)54(49-33-28-37-15-9-11-21-43(37)51(49)39-17-5-3-6-18-39)50-34-29-38-16-10-12-22-44(38)52(50)40-19-7-4-8-20-40/h3-35,45,47H,1-2H3. The monoisotopic (exact) mass is 691 g/mol. The second-order valence-electron chi connectivity index (χ2n) is 15.3. The van der Waals surface area contributed by atoms with Gasteiger partial charge in [0.05, 0.1) is 11.4 Å². The highest BCUT2D eigenvalue weighted by molar-refractivity contribution is 6.09. The van der Waals surface area contributed by atoms with Crippen molar-refractivity contribution in [2.24, 2.45) is 5.92 Å². The minimum absolute atomic E-state index is 0.0713. The van der Waals surface area contributed by atoms with Crippen LogP contribution in [0.15, 0.2) is 200 Å². The van der Waals surface area contributed by atoms with E-state index in [0.29, 0.717) is 11.8 Å². The predicted molar refractivity (Wildman–Crippen MR) is 230 cm³/mol. The van der Waals surface area contributed by atoms with Gasteiger partial charge in [0.15, 0.2) is 0 Å². The topological polar surface area (TPSA) is 3.24 Å². The van der Waals surface area contributed by atoms with Crippen LogP contribution in [0.4, 0.5) is 17.1 Å². The molecule has 0 saturated heterocycles. The Hall–Kier alpha value is -6.44. The Balaban J connectivity index is 1.19. The van der Waals surface area contributed by atoms with Crippen molar-refractivity contribution in [1.82, 2.24) is 0 Å². The molecule has 0 aliphatic heterocycles. The zero-order chi connectivity index (χ0) is 36.2. The maximum atomic E-state index is 2.49. The van der Waals surface area contributed by atoms with Gasteiger partial charge in [-0.3, -0.25) is 0 Å². The molecule has 0 radical (unpaired) electrons. The van der Waals surface area contributed by atoms with Crippen LogP contribution < -0.4 is 4.90 Å². The first-order valence-corrected chi connectivity index (χ1v) is 19.1. The van der Waals surface area contributed by atoms with Crippen LogP contribution in [0.5, 0.6) is 0 Å². The van der Waals surface area contributed by atoms with E-state index in [4.69, 9.17) is 0 Å². The SMILES string of the molecule is CC1(C)c2cc(-c3ccc(N(c4ccc5ccccc5c4-c4ccccc4)c4ccc5ccccc5c4-c4ccccc4)cc3)ccc2C2C=CC=CC21. The van der Waals surface area contributed by atoms with E-state index in [1.807, 2.05) is 0 Å².